The number of likely N-dealkylation sites (N-methyl/N-ethyl adjacent to an activating group) is 1. The average Bonchev–Trinajstić information content (AvgIpc) is 3.30. The van der Waals surface area contributed by atoms with Crippen molar-refractivity contribution in [2.24, 2.45) is 13.0 Å². The lowest BCUT2D eigenvalue weighted by atomic mass is 10.0. The molecule has 0 saturated heterocycles. The van der Waals surface area contributed by atoms with Crippen molar-refractivity contribution in [3.05, 3.63) is 36.3 Å². The smallest absolute Gasteiger partial charge is 0.317 e. The number of aliphatic hydroxyl groups is 1. The van der Waals surface area contributed by atoms with Crippen molar-refractivity contribution < 1.29 is 27.9 Å². The number of hydrogen-bond acceptors (Lipinski definition) is 7. The summed E-state index contributed by atoms with van der Waals surface area (Å²) >= 11 is 0. The monoisotopic (exact) mass is 550 g/mol. The van der Waals surface area contributed by atoms with Crippen LogP contribution in [-0.4, -0.2) is 89.7 Å². The Morgan fingerprint density at radius 1 is 1.32 bits per heavy atom. The minimum absolute atomic E-state index is 0.0312. The molecule has 2 heterocycles. The molecule has 0 saturated carbocycles. The Morgan fingerprint density at radius 3 is 2.63 bits per heavy atom. The van der Waals surface area contributed by atoms with Crippen LogP contribution < -0.4 is 14.8 Å². The average molecular weight is 551 g/mol. The zero-order valence-corrected chi connectivity index (χ0v) is 23.5. The minimum Gasteiger partial charge on any atom is -0.488 e. The standard InChI is InChI=1S/C25H38N6O6S/c1-16(2)27-25(34)30(6)12-22-17(3)11-31(18(4)14-32)24(33)10-19-9-20(7-8-21(19)37-22)28-38(35,36)23-13-29(5)15-26-23/h7-9,13,15-18,22,28,32H,10-12,14H2,1-6H3,(H,27,34)/t17-,18-,22+/m1/s1. The summed E-state index contributed by atoms with van der Waals surface area (Å²) in [7, 11) is -0.594. The summed E-state index contributed by atoms with van der Waals surface area (Å²) in [5.41, 5.74) is 0.740. The topological polar surface area (TPSA) is 146 Å². The first-order valence-corrected chi connectivity index (χ1v) is 14.0. The van der Waals surface area contributed by atoms with E-state index in [1.54, 1.807) is 44.1 Å². The molecule has 0 unspecified atom stereocenters. The van der Waals surface area contributed by atoms with Crippen LogP contribution in [0.5, 0.6) is 5.75 Å². The van der Waals surface area contributed by atoms with Gasteiger partial charge in [0.1, 0.15) is 11.9 Å². The molecule has 3 atom stereocenters. The number of hydrogen-bond donors (Lipinski definition) is 3. The summed E-state index contributed by atoms with van der Waals surface area (Å²) in [5.74, 6) is 0.0160. The van der Waals surface area contributed by atoms with Gasteiger partial charge in [-0.15, -0.1) is 0 Å². The van der Waals surface area contributed by atoms with E-state index in [-0.39, 0.29) is 54.2 Å². The lowest BCUT2D eigenvalue weighted by molar-refractivity contribution is -0.134. The van der Waals surface area contributed by atoms with Crippen molar-refractivity contribution in [3.8, 4) is 5.75 Å². The molecule has 3 amide bonds. The molecule has 38 heavy (non-hydrogen) atoms. The van der Waals surface area contributed by atoms with Gasteiger partial charge < -0.3 is 29.5 Å². The molecule has 1 aromatic carbocycles. The predicted octanol–water partition coefficient (Wildman–Crippen LogP) is 1.42. The van der Waals surface area contributed by atoms with E-state index in [9.17, 15) is 23.1 Å². The molecule has 3 rings (SSSR count). The van der Waals surface area contributed by atoms with Crippen LogP contribution in [0, 0.1) is 5.92 Å². The number of aromatic nitrogens is 2. The lowest BCUT2D eigenvalue weighted by Gasteiger charge is -2.34. The highest BCUT2D eigenvalue weighted by Gasteiger charge is 2.32. The molecular formula is C25H38N6O6S. The highest BCUT2D eigenvalue weighted by molar-refractivity contribution is 7.92. The fourth-order valence-electron chi connectivity index (χ4n) is 4.16. The Hall–Kier alpha value is -3.32. The third-order valence-corrected chi connectivity index (χ3v) is 7.60. The first kappa shape index (κ1) is 29.2. The number of amides is 3. The highest BCUT2D eigenvalue weighted by atomic mass is 32.2. The number of urea groups is 1. The van der Waals surface area contributed by atoms with Gasteiger partial charge in [-0.25, -0.2) is 9.78 Å². The zero-order valence-electron chi connectivity index (χ0n) is 22.7. The van der Waals surface area contributed by atoms with Crippen LogP contribution in [0.3, 0.4) is 0 Å². The number of carbonyl (C=O) groups excluding carboxylic acids is 2. The second-order valence-corrected chi connectivity index (χ2v) is 11.8. The van der Waals surface area contributed by atoms with Crippen molar-refractivity contribution in [1.82, 2.24) is 24.7 Å². The first-order chi connectivity index (χ1) is 17.8. The maximum atomic E-state index is 13.3. The van der Waals surface area contributed by atoms with E-state index in [1.165, 1.54) is 22.0 Å². The Labute approximate surface area is 224 Å². The predicted molar refractivity (Wildman–Crippen MR) is 142 cm³/mol. The number of nitrogens with zero attached hydrogens (tertiary/aromatic N) is 4. The second kappa shape index (κ2) is 12.0. The third-order valence-electron chi connectivity index (χ3n) is 6.34. The van der Waals surface area contributed by atoms with E-state index in [1.807, 2.05) is 20.8 Å². The van der Waals surface area contributed by atoms with E-state index in [0.29, 0.717) is 17.9 Å². The van der Waals surface area contributed by atoms with E-state index >= 15 is 0 Å². The summed E-state index contributed by atoms with van der Waals surface area (Å²) < 4.78 is 36.0. The number of imidazole rings is 1. The van der Waals surface area contributed by atoms with E-state index in [2.05, 4.69) is 15.0 Å². The maximum Gasteiger partial charge on any atom is 0.317 e. The van der Waals surface area contributed by atoms with Gasteiger partial charge in [0.05, 0.1) is 31.9 Å². The number of sulfonamides is 1. The normalized spacial score (nSPS) is 19.1. The number of carbonyl (C=O) groups is 2. The molecule has 0 radical (unpaired) electrons. The number of aryl methyl sites for hydroxylation is 1. The molecule has 0 fully saturated rings. The number of ether oxygens (including phenoxy) is 1. The van der Waals surface area contributed by atoms with Gasteiger partial charge in [-0.1, -0.05) is 6.92 Å². The van der Waals surface area contributed by atoms with Gasteiger partial charge in [-0.05, 0) is 39.0 Å². The van der Waals surface area contributed by atoms with Gasteiger partial charge in [0.15, 0.2) is 5.03 Å². The quantitative estimate of drug-likeness (QED) is 0.451. The highest BCUT2D eigenvalue weighted by Crippen LogP contribution is 2.30. The fourth-order valence-corrected chi connectivity index (χ4v) is 5.19. The fraction of sp³-hybridized carbons (Fsp3) is 0.560. The summed E-state index contributed by atoms with van der Waals surface area (Å²) in [6, 6.07) is 4.05. The molecule has 0 bridgehead atoms. The molecule has 13 heteroatoms. The number of anilines is 1. The SMILES string of the molecule is CC(C)NC(=O)N(C)C[C@@H]1Oc2ccc(NS(=O)(=O)c3cn(C)cn3)cc2CC(=O)N([C@H](C)CO)C[C@H]1C. The Bertz CT molecular complexity index is 1250. The Morgan fingerprint density at radius 2 is 2.03 bits per heavy atom. The zero-order chi connectivity index (χ0) is 28.2. The molecule has 1 aliphatic rings. The molecule has 12 nitrogen and oxygen atoms in total. The van der Waals surface area contributed by atoms with Gasteiger partial charge in [0.25, 0.3) is 10.0 Å². The number of nitrogens with one attached hydrogen (secondary N) is 2. The van der Waals surface area contributed by atoms with E-state index in [4.69, 9.17) is 4.74 Å². The number of benzene rings is 1. The van der Waals surface area contributed by atoms with Crippen LogP contribution >= 0.6 is 0 Å². The van der Waals surface area contributed by atoms with Crippen molar-refractivity contribution in [2.75, 3.05) is 31.5 Å². The molecule has 2 aromatic rings. The lowest BCUT2D eigenvalue weighted by Crippen LogP contribution is -2.49. The van der Waals surface area contributed by atoms with Gasteiger partial charge in [0.2, 0.25) is 5.91 Å². The van der Waals surface area contributed by atoms with Crippen LogP contribution in [0.4, 0.5) is 10.5 Å². The van der Waals surface area contributed by atoms with Gasteiger partial charge in [0, 0.05) is 50.0 Å². The minimum atomic E-state index is -3.94. The van der Waals surface area contributed by atoms with Gasteiger partial charge in [-0.3, -0.25) is 9.52 Å². The van der Waals surface area contributed by atoms with Crippen LogP contribution in [0.1, 0.15) is 33.3 Å². The molecule has 3 N–H and O–H groups in total. The molecule has 210 valence electrons. The van der Waals surface area contributed by atoms with Crippen molar-refractivity contribution in [3.63, 3.8) is 0 Å². The van der Waals surface area contributed by atoms with Crippen LogP contribution in [0.15, 0.2) is 35.7 Å². The number of aliphatic hydroxyl groups excluding tert-OH is 1. The first-order valence-electron chi connectivity index (χ1n) is 12.5. The molecular weight excluding hydrogens is 512 g/mol. The van der Waals surface area contributed by atoms with Crippen molar-refractivity contribution in [1.29, 1.82) is 0 Å². The largest absolute Gasteiger partial charge is 0.488 e. The molecule has 0 aliphatic carbocycles. The summed E-state index contributed by atoms with van der Waals surface area (Å²) in [6.45, 7) is 7.81. The Kier molecular flexibility index (Phi) is 9.26. The van der Waals surface area contributed by atoms with Crippen LogP contribution in [-0.2, 0) is 28.3 Å². The van der Waals surface area contributed by atoms with E-state index in [0.717, 1.165) is 0 Å². The molecule has 1 aliphatic heterocycles. The third kappa shape index (κ3) is 7.16. The van der Waals surface area contributed by atoms with Crippen LogP contribution in [0.2, 0.25) is 0 Å². The summed E-state index contributed by atoms with van der Waals surface area (Å²) in [6.07, 6.45) is 2.25. The summed E-state index contributed by atoms with van der Waals surface area (Å²) in [4.78, 5) is 32.9. The summed E-state index contributed by atoms with van der Waals surface area (Å²) in [5, 5.41) is 12.5. The van der Waals surface area contributed by atoms with E-state index < -0.39 is 22.2 Å². The Balaban J connectivity index is 1.95. The van der Waals surface area contributed by atoms with Crippen LogP contribution in [0.25, 0.3) is 0 Å². The number of fused-ring (bicyclic) bond motifs is 1. The molecule has 0 spiro atoms. The number of rotatable bonds is 8. The van der Waals surface area contributed by atoms with Gasteiger partial charge >= 0.3 is 6.03 Å². The second-order valence-electron chi connectivity index (χ2n) is 10.2. The van der Waals surface area contributed by atoms with Crippen molar-refractivity contribution in [2.45, 2.75) is 57.3 Å². The van der Waals surface area contributed by atoms with Crippen molar-refractivity contribution >= 4 is 27.6 Å². The molecule has 1 aromatic heterocycles. The van der Waals surface area contributed by atoms with Gasteiger partial charge in [-0.2, -0.15) is 8.42 Å². The maximum absolute atomic E-state index is 13.3.